The van der Waals surface area contributed by atoms with Gasteiger partial charge in [-0.15, -0.1) is 0 Å². The van der Waals surface area contributed by atoms with Gasteiger partial charge in [0.05, 0.1) is 0 Å². The minimum atomic E-state index is 0.0373. The predicted octanol–water partition coefficient (Wildman–Crippen LogP) is 5.93. The highest BCUT2D eigenvalue weighted by Gasteiger charge is 2.22. The van der Waals surface area contributed by atoms with Gasteiger partial charge in [0.15, 0.2) is 5.78 Å². The second-order valence-electron chi connectivity index (χ2n) is 7.36. The van der Waals surface area contributed by atoms with E-state index >= 15 is 0 Å². The summed E-state index contributed by atoms with van der Waals surface area (Å²) in [5.41, 5.74) is 4.71. The summed E-state index contributed by atoms with van der Waals surface area (Å²) in [7, 11) is 0. The molecule has 0 unspecified atom stereocenters. The van der Waals surface area contributed by atoms with Gasteiger partial charge in [-0.3, -0.25) is 4.79 Å². The number of benzene rings is 2. The Morgan fingerprint density at radius 2 is 1.58 bits per heavy atom. The lowest BCUT2D eigenvalue weighted by Gasteiger charge is -2.33. The fourth-order valence-corrected chi connectivity index (χ4v) is 3.98. The molecule has 3 nitrogen and oxygen atoms in total. The minimum Gasteiger partial charge on any atom is -0.455 e. The number of nitrogens with zero attached hydrogens (tertiary/aromatic N) is 1. The highest BCUT2D eigenvalue weighted by atomic mass is 16.3. The quantitative estimate of drug-likeness (QED) is 0.587. The molecule has 1 aromatic heterocycles. The zero-order chi connectivity index (χ0) is 18.4. The number of carbonyl (C=O) groups excluding carboxylic acids is 1. The highest BCUT2D eigenvalue weighted by Crippen LogP contribution is 2.39. The van der Waals surface area contributed by atoms with Gasteiger partial charge < -0.3 is 9.32 Å². The van der Waals surface area contributed by atoms with Crippen molar-refractivity contribution in [2.45, 2.75) is 39.8 Å². The van der Waals surface area contributed by atoms with Crippen LogP contribution in [0.3, 0.4) is 0 Å². The third-order valence-electron chi connectivity index (χ3n) is 4.96. The lowest BCUT2D eigenvalue weighted by Crippen LogP contribution is -2.36. The first-order valence-electron chi connectivity index (χ1n) is 9.14. The maximum atomic E-state index is 12.1. The van der Waals surface area contributed by atoms with Crippen LogP contribution in [0.5, 0.6) is 0 Å². The molecule has 0 saturated heterocycles. The van der Waals surface area contributed by atoms with Crippen LogP contribution in [0.1, 0.15) is 43.6 Å². The SMILES string of the molecule is CC(C)N(c1ccc(-c2oc3cccc4c3c2C=CC4=O)cc1)C(C)C. The molecule has 0 N–H and O–H groups in total. The number of anilines is 1. The van der Waals surface area contributed by atoms with Gasteiger partial charge in [-0.2, -0.15) is 0 Å². The molecule has 132 valence electrons. The Balaban J connectivity index is 1.80. The van der Waals surface area contributed by atoms with E-state index in [2.05, 4.69) is 56.9 Å². The van der Waals surface area contributed by atoms with Crippen molar-refractivity contribution in [3.8, 4) is 11.3 Å². The van der Waals surface area contributed by atoms with E-state index in [1.54, 1.807) is 6.08 Å². The molecule has 2 aromatic carbocycles. The first kappa shape index (κ1) is 16.6. The van der Waals surface area contributed by atoms with Crippen molar-refractivity contribution in [1.29, 1.82) is 0 Å². The summed E-state index contributed by atoms with van der Waals surface area (Å²) in [6.45, 7) is 8.84. The summed E-state index contributed by atoms with van der Waals surface area (Å²) in [5.74, 6) is 0.860. The van der Waals surface area contributed by atoms with Crippen molar-refractivity contribution in [3.05, 3.63) is 59.7 Å². The van der Waals surface area contributed by atoms with E-state index in [9.17, 15) is 4.79 Å². The van der Waals surface area contributed by atoms with Gasteiger partial charge in [0.25, 0.3) is 0 Å². The first-order chi connectivity index (χ1) is 12.5. The molecule has 1 aliphatic rings. The second-order valence-corrected chi connectivity index (χ2v) is 7.36. The minimum absolute atomic E-state index is 0.0373. The van der Waals surface area contributed by atoms with E-state index in [4.69, 9.17) is 4.42 Å². The number of allylic oxidation sites excluding steroid dienone is 1. The van der Waals surface area contributed by atoms with Crippen LogP contribution in [0.4, 0.5) is 5.69 Å². The van der Waals surface area contributed by atoms with E-state index < -0.39 is 0 Å². The van der Waals surface area contributed by atoms with Crippen LogP contribution in [0.15, 0.2) is 53.0 Å². The molecular formula is C23H23NO2. The molecule has 3 aromatic rings. The van der Waals surface area contributed by atoms with Crippen LogP contribution in [0, 0.1) is 0 Å². The lowest BCUT2D eigenvalue weighted by atomic mass is 9.94. The Bertz CT molecular complexity index is 999. The number of hydrogen-bond acceptors (Lipinski definition) is 3. The zero-order valence-corrected chi connectivity index (χ0v) is 15.6. The summed E-state index contributed by atoms with van der Waals surface area (Å²) < 4.78 is 6.12. The fourth-order valence-electron chi connectivity index (χ4n) is 3.98. The Labute approximate surface area is 153 Å². The third-order valence-corrected chi connectivity index (χ3v) is 4.96. The van der Waals surface area contributed by atoms with Gasteiger partial charge in [-0.05, 0) is 70.2 Å². The van der Waals surface area contributed by atoms with Crippen molar-refractivity contribution in [1.82, 2.24) is 0 Å². The molecule has 1 aliphatic carbocycles. The fraction of sp³-hybridized carbons (Fsp3) is 0.261. The monoisotopic (exact) mass is 345 g/mol. The van der Waals surface area contributed by atoms with E-state index in [0.717, 1.165) is 33.4 Å². The topological polar surface area (TPSA) is 33.5 Å². The zero-order valence-electron chi connectivity index (χ0n) is 15.6. The number of carbonyl (C=O) groups is 1. The van der Waals surface area contributed by atoms with Gasteiger partial charge in [-0.1, -0.05) is 12.1 Å². The van der Waals surface area contributed by atoms with Gasteiger partial charge in [0.1, 0.15) is 11.3 Å². The lowest BCUT2D eigenvalue weighted by molar-refractivity contribution is 0.104. The number of furan rings is 1. The van der Waals surface area contributed by atoms with Crippen LogP contribution in [0.2, 0.25) is 0 Å². The van der Waals surface area contributed by atoms with Gasteiger partial charge >= 0.3 is 0 Å². The molecule has 0 atom stereocenters. The molecule has 1 heterocycles. The van der Waals surface area contributed by atoms with Crippen molar-refractivity contribution in [2.24, 2.45) is 0 Å². The summed E-state index contributed by atoms with van der Waals surface area (Å²) in [5, 5.41) is 0.921. The average Bonchev–Trinajstić information content (AvgIpc) is 2.98. The molecule has 26 heavy (non-hydrogen) atoms. The molecule has 4 rings (SSSR count). The van der Waals surface area contributed by atoms with E-state index in [1.807, 2.05) is 24.3 Å². The second kappa shape index (κ2) is 6.17. The smallest absolute Gasteiger partial charge is 0.186 e. The molecule has 0 spiro atoms. The van der Waals surface area contributed by atoms with Gasteiger partial charge in [-0.25, -0.2) is 0 Å². The van der Waals surface area contributed by atoms with Crippen molar-refractivity contribution in [2.75, 3.05) is 4.90 Å². The van der Waals surface area contributed by atoms with Crippen LogP contribution < -0.4 is 4.90 Å². The Kier molecular flexibility index (Phi) is 3.95. The van der Waals surface area contributed by atoms with Crippen LogP contribution in [-0.4, -0.2) is 17.9 Å². The van der Waals surface area contributed by atoms with Crippen molar-refractivity contribution < 1.29 is 9.21 Å². The molecule has 0 bridgehead atoms. The van der Waals surface area contributed by atoms with Crippen molar-refractivity contribution in [3.63, 3.8) is 0 Å². The largest absolute Gasteiger partial charge is 0.455 e. The predicted molar refractivity (Wildman–Crippen MR) is 108 cm³/mol. The number of rotatable bonds is 4. The Hall–Kier alpha value is -2.81. The third kappa shape index (κ3) is 2.55. The van der Waals surface area contributed by atoms with Gasteiger partial charge in [0, 0.05) is 39.8 Å². The van der Waals surface area contributed by atoms with Gasteiger partial charge in [0.2, 0.25) is 0 Å². The molecule has 3 heteroatoms. The van der Waals surface area contributed by atoms with Crippen LogP contribution in [-0.2, 0) is 0 Å². The molecule has 0 aliphatic heterocycles. The molecule has 0 amide bonds. The summed E-state index contributed by atoms with van der Waals surface area (Å²) in [4.78, 5) is 14.5. The molecule has 0 saturated carbocycles. The van der Waals surface area contributed by atoms with Crippen LogP contribution in [0.25, 0.3) is 28.4 Å². The van der Waals surface area contributed by atoms with E-state index in [1.165, 1.54) is 5.69 Å². The molecule has 0 fully saturated rings. The summed E-state index contributed by atoms with van der Waals surface area (Å²) in [6, 6.07) is 15.0. The van der Waals surface area contributed by atoms with Crippen LogP contribution >= 0.6 is 0 Å². The van der Waals surface area contributed by atoms with E-state index in [-0.39, 0.29) is 5.78 Å². The molecular weight excluding hydrogens is 322 g/mol. The normalized spacial score (nSPS) is 13.2. The maximum Gasteiger partial charge on any atom is 0.186 e. The van der Waals surface area contributed by atoms with E-state index in [0.29, 0.717) is 12.1 Å². The Morgan fingerprint density at radius 3 is 2.23 bits per heavy atom. The number of ketones is 1. The first-order valence-corrected chi connectivity index (χ1v) is 9.14. The maximum absolute atomic E-state index is 12.1. The van der Waals surface area contributed by atoms with Crippen molar-refractivity contribution >= 4 is 28.5 Å². The standard InChI is InChI=1S/C23H23NO2/c1-14(2)24(15(3)4)17-10-8-16(9-11-17)23-19-12-13-20(25)18-6-5-7-21(26-23)22(18)19/h5-15H,1-4H3. The highest BCUT2D eigenvalue weighted by molar-refractivity contribution is 6.20. The number of hydrogen-bond donors (Lipinski definition) is 0. The molecule has 0 radical (unpaired) electrons. The Morgan fingerprint density at radius 1 is 0.885 bits per heavy atom. The summed E-state index contributed by atoms with van der Waals surface area (Å²) in [6.07, 6.45) is 3.50. The summed E-state index contributed by atoms with van der Waals surface area (Å²) >= 11 is 0. The average molecular weight is 345 g/mol.